The number of aliphatic hydroxyl groups is 1. The first-order chi connectivity index (χ1) is 15.8. The molecule has 10 heteroatoms. The summed E-state index contributed by atoms with van der Waals surface area (Å²) in [7, 11) is 1.31. The van der Waals surface area contributed by atoms with Crippen LogP contribution in [0.3, 0.4) is 0 Å². The van der Waals surface area contributed by atoms with Gasteiger partial charge in [0.05, 0.1) is 18.3 Å². The van der Waals surface area contributed by atoms with Gasteiger partial charge in [0.1, 0.15) is 17.3 Å². The molecule has 2 N–H and O–H groups in total. The number of ether oxygens (including phenoxy) is 1. The van der Waals surface area contributed by atoms with Crippen molar-refractivity contribution in [1.29, 1.82) is 0 Å². The number of carbonyl (C=O) groups is 1. The number of aromatic carboxylic acids is 1. The number of halogens is 4. The van der Waals surface area contributed by atoms with Gasteiger partial charge in [0.15, 0.2) is 5.60 Å². The Labute approximate surface area is 192 Å². The fraction of sp³-hybridized carbons (Fsp3) is 0.292. The largest absolute Gasteiger partial charge is 0.496 e. The maximum Gasteiger partial charge on any atom is 0.422 e. The van der Waals surface area contributed by atoms with E-state index in [2.05, 4.69) is 9.98 Å². The van der Waals surface area contributed by atoms with Gasteiger partial charge in [-0.2, -0.15) is 13.2 Å². The number of benzene rings is 2. The van der Waals surface area contributed by atoms with E-state index in [0.29, 0.717) is 11.6 Å². The summed E-state index contributed by atoms with van der Waals surface area (Å²) >= 11 is 0. The zero-order valence-electron chi connectivity index (χ0n) is 18.5. The van der Waals surface area contributed by atoms with E-state index in [9.17, 15) is 27.5 Å². The summed E-state index contributed by atoms with van der Waals surface area (Å²) in [4.78, 5) is 19.0. The molecule has 0 saturated carbocycles. The lowest BCUT2D eigenvalue weighted by Crippen LogP contribution is -2.50. The number of alkyl halides is 3. The molecule has 0 spiro atoms. The maximum atomic E-state index is 14.0. The molecule has 3 rings (SSSR count). The molecule has 0 bridgehead atoms. The van der Waals surface area contributed by atoms with Crippen LogP contribution in [-0.4, -0.2) is 46.3 Å². The summed E-state index contributed by atoms with van der Waals surface area (Å²) < 4.78 is 61.2. The summed E-state index contributed by atoms with van der Waals surface area (Å²) in [5.41, 5.74) is -4.54. The molecular weight excluding hydrogens is 456 g/mol. The first kappa shape index (κ1) is 25.1. The number of nitrogens with zero attached hydrogens (tertiary/aromatic N) is 2. The van der Waals surface area contributed by atoms with Crippen LogP contribution in [0.1, 0.15) is 36.3 Å². The summed E-state index contributed by atoms with van der Waals surface area (Å²) in [6.45, 7) is 2.87. The van der Waals surface area contributed by atoms with Gasteiger partial charge in [0, 0.05) is 17.2 Å². The van der Waals surface area contributed by atoms with Crippen molar-refractivity contribution < 1.29 is 37.3 Å². The molecule has 1 atom stereocenters. The third kappa shape index (κ3) is 5.01. The molecule has 180 valence electrons. The Morgan fingerprint density at radius 1 is 1.15 bits per heavy atom. The third-order valence-corrected chi connectivity index (χ3v) is 5.44. The fourth-order valence-electron chi connectivity index (χ4n) is 3.74. The molecule has 1 heterocycles. The van der Waals surface area contributed by atoms with Crippen molar-refractivity contribution in [2.45, 2.75) is 37.5 Å². The van der Waals surface area contributed by atoms with Gasteiger partial charge in [-0.1, -0.05) is 19.9 Å². The first-order valence-corrected chi connectivity index (χ1v) is 10.1. The van der Waals surface area contributed by atoms with E-state index in [0.717, 1.165) is 12.1 Å². The normalized spacial score (nSPS) is 14.4. The molecule has 3 aromatic rings. The number of hydrogen-bond donors (Lipinski definition) is 2. The van der Waals surface area contributed by atoms with Crippen LogP contribution in [0, 0.1) is 5.82 Å². The summed E-state index contributed by atoms with van der Waals surface area (Å²) in [5, 5.41) is 20.1. The predicted molar refractivity (Wildman–Crippen MR) is 118 cm³/mol. The zero-order chi connectivity index (χ0) is 25.3. The van der Waals surface area contributed by atoms with E-state index in [1.54, 1.807) is 0 Å². The Morgan fingerprint density at radius 2 is 1.85 bits per heavy atom. The van der Waals surface area contributed by atoms with Gasteiger partial charge in [-0.15, -0.1) is 0 Å². The number of aromatic nitrogens is 1. The van der Waals surface area contributed by atoms with Crippen LogP contribution in [0.4, 0.5) is 23.2 Å². The molecule has 0 aliphatic heterocycles. The Kier molecular flexibility index (Phi) is 6.66. The highest BCUT2D eigenvalue weighted by atomic mass is 19.4. The van der Waals surface area contributed by atoms with Crippen LogP contribution < -0.4 is 4.74 Å². The summed E-state index contributed by atoms with van der Waals surface area (Å²) in [5.74, 6) is -1.73. The summed E-state index contributed by atoms with van der Waals surface area (Å²) in [6, 6.07) is 10.5. The zero-order valence-corrected chi connectivity index (χ0v) is 18.5. The first-order valence-electron chi connectivity index (χ1n) is 10.1. The second-order valence-corrected chi connectivity index (χ2v) is 8.43. The highest BCUT2D eigenvalue weighted by Crippen LogP contribution is 2.43. The quantitative estimate of drug-likeness (QED) is 0.348. The molecule has 0 radical (unpaired) electrons. The lowest BCUT2D eigenvalue weighted by molar-refractivity contribution is -0.234. The molecule has 2 aromatic carbocycles. The average Bonchev–Trinajstić information content (AvgIpc) is 2.76. The van der Waals surface area contributed by atoms with Crippen LogP contribution in [-0.2, 0) is 5.41 Å². The SMILES string of the molecule is COc1ccc(F)cc1C(C)(C)CC(O)(C=Nc1cccc2nc(C(=O)O)ccc12)C(F)(F)F. The van der Waals surface area contributed by atoms with Gasteiger partial charge in [-0.25, -0.2) is 14.2 Å². The van der Waals surface area contributed by atoms with Gasteiger partial charge in [-0.3, -0.25) is 4.99 Å². The number of aliphatic imine (C=N–C) groups is 1. The van der Waals surface area contributed by atoms with E-state index in [1.165, 1.54) is 57.4 Å². The van der Waals surface area contributed by atoms with Crippen LogP contribution in [0.2, 0.25) is 0 Å². The van der Waals surface area contributed by atoms with E-state index in [1.807, 2.05) is 0 Å². The van der Waals surface area contributed by atoms with Gasteiger partial charge in [0.2, 0.25) is 0 Å². The molecule has 6 nitrogen and oxygen atoms in total. The number of carboxylic acid groups (broad SMARTS) is 1. The average molecular weight is 478 g/mol. The number of pyridine rings is 1. The Morgan fingerprint density at radius 3 is 2.47 bits per heavy atom. The second-order valence-electron chi connectivity index (χ2n) is 8.43. The van der Waals surface area contributed by atoms with Crippen LogP contribution in [0.15, 0.2) is 53.5 Å². The van der Waals surface area contributed by atoms with Crippen molar-refractivity contribution in [3.63, 3.8) is 0 Å². The van der Waals surface area contributed by atoms with E-state index in [4.69, 9.17) is 9.84 Å². The van der Waals surface area contributed by atoms with Gasteiger partial charge >= 0.3 is 12.1 Å². The van der Waals surface area contributed by atoms with E-state index >= 15 is 0 Å². The molecule has 0 fully saturated rings. The number of carboxylic acids is 1. The molecular formula is C24H22F4N2O4. The smallest absolute Gasteiger partial charge is 0.422 e. The minimum atomic E-state index is -5.10. The summed E-state index contributed by atoms with van der Waals surface area (Å²) in [6.07, 6.45) is -5.58. The van der Waals surface area contributed by atoms with Gasteiger partial charge in [-0.05, 0) is 54.3 Å². The van der Waals surface area contributed by atoms with Crippen molar-refractivity contribution in [3.05, 3.63) is 65.6 Å². The highest BCUT2D eigenvalue weighted by molar-refractivity contribution is 5.95. The Balaban J connectivity index is 2.04. The minimum Gasteiger partial charge on any atom is -0.496 e. The lowest BCUT2D eigenvalue weighted by atomic mass is 9.74. The molecule has 1 unspecified atom stereocenters. The van der Waals surface area contributed by atoms with Crippen molar-refractivity contribution in [1.82, 2.24) is 4.98 Å². The molecule has 34 heavy (non-hydrogen) atoms. The lowest BCUT2D eigenvalue weighted by Gasteiger charge is -2.36. The number of methoxy groups -OCH3 is 1. The maximum absolute atomic E-state index is 14.0. The number of rotatable bonds is 7. The number of fused-ring (bicyclic) bond motifs is 1. The van der Waals surface area contributed by atoms with Crippen LogP contribution >= 0.6 is 0 Å². The predicted octanol–water partition coefficient (Wildman–Crippen LogP) is 5.44. The van der Waals surface area contributed by atoms with Crippen molar-refractivity contribution in [2.75, 3.05) is 7.11 Å². The molecule has 0 aliphatic carbocycles. The fourth-order valence-corrected chi connectivity index (χ4v) is 3.74. The third-order valence-electron chi connectivity index (χ3n) is 5.44. The molecule has 1 aromatic heterocycles. The monoisotopic (exact) mass is 478 g/mol. The van der Waals surface area contributed by atoms with Crippen molar-refractivity contribution in [2.24, 2.45) is 4.99 Å². The standard InChI is InChI=1S/C24H22F4N2O4/c1-22(2,16-11-14(25)7-10-20(16)34-3)12-23(33,24(26,27)28)13-29-17-5-4-6-18-15(17)8-9-19(30-18)21(31)32/h4-11,13,33H,12H2,1-3H3,(H,31,32). The van der Waals surface area contributed by atoms with E-state index in [-0.39, 0.29) is 28.2 Å². The molecule has 0 amide bonds. The van der Waals surface area contributed by atoms with Gasteiger partial charge < -0.3 is 14.9 Å². The number of hydrogen-bond acceptors (Lipinski definition) is 5. The highest BCUT2D eigenvalue weighted by Gasteiger charge is 2.55. The van der Waals surface area contributed by atoms with E-state index < -0.39 is 35.4 Å². The van der Waals surface area contributed by atoms with Crippen molar-refractivity contribution >= 4 is 28.8 Å². The Bertz CT molecular complexity index is 1260. The van der Waals surface area contributed by atoms with Crippen LogP contribution in [0.5, 0.6) is 5.75 Å². The Hall–Kier alpha value is -3.53. The molecule has 0 aliphatic rings. The topological polar surface area (TPSA) is 92.0 Å². The minimum absolute atomic E-state index is 0.0609. The second kappa shape index (κ2) is 9.02. The van der Waals surface area contributed by atoms with Crippen LogP contribution in [0.25, 0.3) is 10.9 Å². The van der Waals surface area contributed by atoms with Crippen molar-refractivity contribution in [3.8, 4) is 5.75 Å². The molecule has 0 saturated heterocycles. The van der Waals surface area contributed by atoms with Gasteiger partial charge in [0.25, 0.3) is 0 Å².